The average Bonchev–Trinajstić information content (AvgIpc) is 3.42. The molecule has 0 radical (unpaired) electrons. The Labute approximate surface area is 191 Å². The molecule has 2 aromatic carbocycles. The van der Waals surface area contributed by atoms with Crippen molar-refractivity contribution in [2.45, 2.75) is 37.6 Å². The molecule has 0 bridgehead atoms. The van der Waals surface area contributed by atoms with Gasteiger partial charge < -0.3 is 14.8 Å². The maximum atomic E-state index is 13.4. The normalized spacial score (nSPS) is 16.9. The number of thiazole rings is 1. The van der Waals surface area contributed by atoms with Gasteiger partial charge >= 0.3 is 0 Å². The first-order chi connectivity index (χ1) is 15.4. The van der Waals surface area contributed by atoms with Crippen LogP contribution in [0.1, 0.15) is 26.7 Å². The highest BCUT2D eigenvalue weighted by molar-refractivity contribution is 7.89. The number of carbonyl (C=O) groups is 1. The largest absolute Gasteiger partial charge is 0.490 e. The van der Waals surface area contributed by atoms with Gasteiger partial charge in [-0.05, 0) is 51.0 Å². The SMILES string of the molecule is CCOc1ccc(S(=O)(=O)N2CCCC2C(=O)Nc2nc3ccccc3s2)cc1OCC. The Morgan fingerprint density at radius 3 is 2.66 bits per heavy atom. The summed E-state index contributed by atoms with van der Waals surface area (Å²) >= 11 is 1.36. The van der Waals surface area contributed by atoms with Crippen LogP contribution in [0.3, 0.4) is 0 Å². The Morgan fingerprint density at radius 2 is 1.91 bits per heavy atom. The summed E-state index contributed by atoms with van der Waals surface area (Å²) in [6.07, 6.45) is 1.05. The summed E-state index contributed by atoms with van der Waals surface area (Å²) in [5.74, 6) is 0.478. The Balaban J connectivity index is 1.57. The van der Waals surface area contributed by atoms with Gasteiger partial charge in [0.25, 0.3) is 0 Å². The van der Waals surface area contributed by atoms with Gasteiger partial charge in [-0.2, -0.15) is 4.31 Å². The van der Waals surface area contributed by atoms with Crippen LogP contribution in [0.5, 0.6) is 11.5 Å². The summed E-state index contributed by atoms with van der Waals surface area (Å²) < 4.78 is 40.1. The smallest absolute Gasteiger partial charge is 0.244 e. The lowest BCUT2D eigenvalue weighted by atomic mass is 10.2. The van der Waals surface area contributed by atoms with Crippen molar-refractivity contribution < 1.29 is 22.7 Å². The van der Waals surface area contributed by atoms with Crippen LogP contribution in [0.4, 0.5) is 5.13 Å². The Morgan fingerprint density at radius 1 is 1.16 bits per heavy atom. The van der Waals surface area contributed by atoms with Crippen molar-refractivity contribution >= 4 is 42.6 Å². The number of rotatable bonds is 8. The fourth-order valence-corrected chi connectivity index (χ4v) is 6.27. The van der Waals surface area contributed by atoms with Gasteiger partial charge in [0.15, 0.2) is 16.6 Å². The van der Waals surface area contributed by atoms with Gasteiger partial charge in [0.1, 0.15) is 6.04 Å². The fourth-order valence-electron chi connectivity index (χ4n) is 3.73. The number of amides is 1. The van der Waals surface area contributed by atoms with Crippen LogP contribution < -0.4 is 14.8 Å². The van der Waals surface area contributed by atoms with E-state index in [9.17, 15) is 13.2 Å². The molecule has 4 rings (SSSR count). The van der Waals surface area contributed by atoms with E-state index in [1.165, 1.54) is 27.8 Å². The second kappa shape index (κ2) is 9.43. The highest BCUT2D eigenvalue weighted by atomic mass is 32.2. The first-order valence-electron chi connectivity index (χ1n) is 10.5. The van der Waals surface area contributed by atoms with E-state index in [0.29, 0.717) is 42.7 Å². The minimum Gasteiger partial charge on any atom is -0.490 e. The zero-order chi connectivity index (χ0) is 22.7. The number of ether oxygens (including phenoxy) is 2. The molecule has 0 aliphatic carbocycles. The van der Waals surface area contributed by atoms with Crippen molar-refractivity contribution in [2.24, 2.45) is 0 Å². The standard InChI is InChI=1S/C22H25N3O5S2/c1-3-29-18-12-11-15(14-19(18)30-4-2)32(27,28)25-13-7-9-17(25)21(26)24-22-23-16-8-5-6-10-20(16)31-22/h5-6,8,10-12,14,17H,3-4,7,9,13H2,1-2H3,(H,23,24,26). The van der Waals surface area contributed by atoms with Crippen molar-refractivity contribution in [1.82, 2.24) is 9.29 Å². The number of nitrogens with zero attached hydrogens (tertiary/aromatic N) is 2. The molecule has 1 aliphatic heterocycles. The molecule has 0 saturated carbocycles. The van der Waals surface area contributed by atoms with Crippen molar-refractivity contribution in [3.05, 3.63) is 42.5 Å². The van der Waals surface area contributed by atoms with Gasteiger partial charge in [-0.25, -0.2) is 13.4 Å². The number of nitrogens with one attached hydrogen (secondary N) is 1. The molecule has 1 N–H and O–H groups in total. The number of hydrogen-bond acceptors (Lipinski definition) is 7. The summed E-state index contributed by atoms with van der Waals surface area (Å²) in [5, 5.41) is 3.26. The zero-order valence-corrected chi connectivity index (χ0v) is 19.5. The Bertz CT molecular complexity index is 1190. The third-order valence-corrected chi connectivity index (χ3v) is 8.01. The second-order valence-electron chi connectivity index (χ2n) is 7.22. The lowest BCUT2D eigenvalue weighted by Crippen LogP contribution is -2.43. The van der Waals surface area contributed by atoms with Crippen LogP contribution in [0, 0.1) is 0 Å². The van der Waals surface area contributed by atoms with E-state index in [1.807, 2.05) is 38.1 Å². The molecular formula is C22H25N3O5S2. The van der Waals surface area contributed by atoms with Crippen molar-refractivity contribution in [1.29, 1.82) is 0 Å². The summed E-state index contributed by atoms with van der Waals surface area (Å²) in [6, 6.07) is 11.3. The van der Waals surface area contributed by atoms with Gasteiger partial charge in [0.05, 0.1) is 28.3 Å². The van der Waals surface area contributed by atoms with Crippen LogP contribution >= 0.6 is 11.3 Å². The maximum absolute atomic E-state index is 13.4. The third-order valence-electron chi connectivity index (χ3n) is 5.15. The van der Waals surface area contributed by atoms with Crippen molar-refractivity contribution in [3.8, 4) is 11.5 Å². The van der Waals surface area contributed by atoms with Gasteiger partial charge in [0.2, 0.25) is 15.9 Å². The summed E-state index contributed by atoms with van der Waals surface area (Å²) in [7, 11) is -3.90. The third kappa shape index (κ3) is 4.43. The lowest BCUT2D eigenvalue weighted by molar-refractivity contribution is -0.119. The van der Waals surface area contributed by atoms with E-state index in [1.54, 1.807) is 6.07 Å². The predicted octanol–water partition coefficient (Wildman–Crippen LogP) is 3.89. The monoisotopic (exact) mass is 475 g/mol. The summed E-state index contributed by atoms with van der Waals surface area (Å²) in [6.45, 7) is 4.75. The van der Waals surface area contributed by atoms with Crippen LogP contribution in [0.25, 0.3) is 10.2 Å². The maximum Gasteiger partial charge on any atom is 0.244 e. The molecule has 1 atom stereocenters. The number of sulfonamides is 1. The molecule has 10 heteroatoms. The predicted molar refractivity (Wildman–Crippen MR) is 124 cm³/mol. The van der Waals surface area contributed by atoms with Crippen LogP contribution in [0.2, 0.25) is 0 Å². The molecule has 3 aromatic rings. The Hall–Kier alpha value is -2.69. The fraction of sp³-hybridized carbons (Fsp3) is 0.364. The molecule has 1 aromatic heterocycles. The molecule has 1 amide bonds. The van der Waals surface area contributed by atoms with Crippen LogP contribution in [-0.4, -0.2) is 49.4 Å². The van der Waals surface area contributed by atoms with Gasteiger partial charge in [0, 0.05) is 12.6 Å². The minimum absolute atomic E-state index is 0.0732. The van der Waals surface area contributed by atoms with E-state index < -0.39 is 16.1 Å². The van der Waals surface area contributed by atoms with E-state index in [2.05, 4.69) is 10.3 Å². The number of carbonyl (C=O) groups excluding carboxylic acids is 1. The lowest BCUT2D eigenvalue weighted by Gasteiger charge is -2.23. The molecule has 1 unspecified atom stereocenters. The number of benzene rings is 2. The quantitative estimate of drug-likeness (QED) is 0.531. The molecular weight excluding hydrogens is 450 g/mol. The summed E-state index contributed by atoms with van der Waals surface area (Å²) in [5.41, 5.74) is 0.793. The van der Waals surface area contributed by atoms with E-state index in [4.69, 9.17) is 9.47 Å². The van der Waals surface area contributed by atoms with E-state index in [0.717, 1.165) is 10.2 Å². The first-order valence-corrected chi connectivity index (χ1v) is 12.8. The molecule has 0 spiro atoms. The van der Waals surface area contributed by atoms with E-state index >= 15 is 0 Å². The number of fused-ring (bicyclic) bond motifs is 1. The molecule has 32 heavy (non-hydrogen) atoms. The van der Waals surface area contributed by atoms with Gasteiger partial charge in [-0.1, -0.05) is 23.5 Å². The van der Waals surface area contributed by atoms with Crippen LogP contribution in [-0.2, 0) is 14.8 Å². The number of para-hydroxylation sites is 1. The first kappa shape index (κ1) is 22.5. The second-order valence-corrected chi connectivity index (χ2v) is 10.1. The molecule has 1 fully saturated rings. The number of aromatic nitrogens is 1. The van der Waals surface area contributed by atoms with Gasteiger partial charge in [-0.3, -0.25) is 4.79 Å². The van der Waals surface area contributed by atoms with Gasteiger partial charge in [-0.15, -0.1) is 0 Å². The molecule has 1 saturated heterocycles. The zero-order valence-electron chi connectivity index (χ0n) is 17.9. The van der Waals surface area contributed by atoms with E-state index in [-0.39, 0.29) is 17.3 Å². The molecule has 170 valence electrons. The highest BCUT2D eigenvalue weighted by Crippen LogP contribution is 2.34. The average molecular weight is 476 g/mol. The van der Waals surface area contributed by atoms with Crippen molar-refractivity contribution in [3.63, 3.8) is 0 Å². The molecule has 1 aliphatic rings. The molecule has 8 nitrogen and oxygen atoms in total. The molecule has 2 heterocycles. The topological polar surface area (TPSA) is 97.8 Å². The highest BCUT2D eigenvalue weighted by Gasteiger charge is 2.40. The Kier molecular flexibility index (Phi) is 6.63. The summed E-state index contributed by atoms with van der Waals surface area (Å²) in [4.78, 5) is 17.5. The number of hydrogen-bond donors (Lipinski definition) is 1. The number of anilines is 1. The van der Waals surface area contributed by atoms with Crippen LogP contribution in [0.15, 0.2) is 47.4 Å². The minimum atomic E-state index is -3.90. The van der Waals surface area contributed by atoms with Crippen molar-refractivity contribution in [2.75, 3.05) is 25.1 Å².